The van der Waals surface area contributed by atoms with Gasteiger partial charge in [0, 0.05) is 0 Å². The van der Waals surface area contributed by atoms with Crippen LogP contribution in [0.4, 0.5) is 4.79 Å². The zero-order valence-electron chi connectivity index (χ0n) is 10.4. The fourth-order valence-corrected chi connectivity index (χ4v) is 1.77. The van der Waals surface area contributed by atoms with Crippen LogP contribution in [0.1, 0.15) is 27.7 Å². The molecule has 0 aromatic carbocycles. The van der Waals surface area contributed by atoms with Gasteiger partial charge in [-0.2, -0.15) is 0 Å². The standard InChI is InChI=1S/C12H16N2O3/c1-6-12(4,5)14-10(16)8(7(2)3)9(15)13-11(14)17/h1,7-8H,2-5H3,(H,13,15,17). The van der Waals surface area contributed by atoms with E-state index in [2.05, 4.69) is 11.2 Å². The Hall–Kier alpha value is -1.83. The van der Waals surface area contributed by atoms with Crippen LogP contribution < -0.4 is 5.32 Å². The number of nitrogens with one attached hydrogen (secondary N) is 1. The van der Waals surface area contributed by atoms with E-state index in [-0.39, 0.29) is 5.92 Å². The van der Waals surface area contributed by atoms with Crippen molar-refractivity contribution in [1.29, 1.82) is 0 Å². The predicted octanol–water partition coefficient (Wildman–Crippen LogP) is 0.749. The van der Waals surface area contributed by atoms with Gasteiger partial charge in [0.1, 0.15) is 11.5 Å². The van der Waals surface area contributed by atoms with Gasteiger partial charge >= 0.3 is 6.03 Å². The SMILES string of the molecule is C#CC(C)(C)N1C(=O)NC(=O)C(C(C)C)C1=O. The number of rotatable bonds is 2. The largest absolute Gasteiger partial charge is 0.332 e. The third-order valence-corrected chi connectivity index (χ3v) is 2.78. The van der Waals surface area contributed by atoms with Gasteiger partial charge in [0.25, 0.3) is 0 Å². The minimum atomic E-state index is -1.05. The summed E-state index contributed by atoms with van der Waals surface area (Å²) in [6.07, 6.45) is 5.31. The average molecular weight is 236 g/mol. The number of carbonyl (C=O) groups excluding carboxylic acids is 3. The van der Waals surface area contributed by atoms with Crippen molar-refractivity contribution in [3.63, 3.8) is 0 Å². The van der Waals surface area contributed by atoms with E-state index in [4.69, 9.17) is 6.42 Å². The first-order valence-corrected chi connectivity index (χ1v) is 5.39. The lowest BCUT2D eigenvalue weighted by atomic mass is 9.89. The summed E-state index contributed by atoms with van der Waals surface area (Å²) >= 11 is 0. The summed E-state index contributed by atoms with van der Waals surface area (Å²) in [5, 5.41) is 2.16. The molecule has 1 N–H and O–H groups in total. The average Bonchev–Trinajstić information content (AvgIpc) is 2.15. The van der Waals surface area contributed by atoms with E-state index in [0.717, 1.165) is 4.90 Å². The predicted molar refractivity (Wildman–Crippen MR) is 61.6 cm³/mol. The first-order valence-electron chi connectivity index (χ1n) is 5.39. The van der Waals surface area contributed by atoms with Crippen molar-refractivity contribution in [3.8, 4) is 12.3 Å². The summed E-state index contributed by atoms with van der Waals surface area (Å²) in [5.41, 5.74) is -1.05. The third kappa shape index (κ3) is 2.16. The fourth-order valence-electron chi connectivity index (χ4n) is 1.77. The van der Waals surface area contributed by atoms with Crippen LogP contribution in [-0.4, -0.2) is 28.3 Å². The van der Waals surface area contributed by atoms with Gasteiger partial charge in [0.15, 0.2) is 0 Å². The summed E-state index contributed by atoms with van der Waals surface area (Å²) in [4.78, 5) is 36.3. The molecule has 1 saturated heterocycles. The molecule has 5 nitrogen and oxygen atoms in total. The molecule has 0 aliphatic carbocycles. The van der Waals surface area contributed by atoms with Crippen molar-refractivity contribution in [2.45, 2.75) is 33.2 Å². The number of barbiturate groups is 1. The number of terminal acetylenes is 1. The van der Waals surface area contributed by atoms with Crippen molar-refractivity contribution in [1.82, 2.24) is 10.2 Å². The smallest absolute Gasteiger partial charge is 0.277 e. The second-order valence-corrected chi connectivity index (χ2v) is 4.89. The molecule has 4 amide bonds. The molecular formula is C12H16N2O3. The highest BCUT2D eigenvalue weighted by molar-refractivity contribution is 6.16. The number of hydrogen-bond donors (Lipinski definition) is 1. The molecule has 1 aliphatic heterocycles. The summed E-state index contributed by atoms with van der Waals surface area (Å²) < 4.78 is 0. The lowest BCUT2D eigenvalue weighted by molar-refractivity contribution is -0.146. The molecule has 0 aromatic heterocycles. The summed E-state index contributed by atoms with van der Waals surface area (Å²) in [6.45, 7) is 6.66. The molecule has 0 spiro atoms. The Balaban J connectivity index is 3.17. The quantitative estimate of drug-likeness (QED) is 0.568. The summed E-state index contributed by atoms with van der Waals surface area (Å²) in [5.74, 6) is 0.243. The van der Waals surface area contributed by atoms with Gasteiger partial charge in [-0.25, -0.2) is 9.69 Å². The van der Waals surface area contributed by atoms with Gasteiger partial charge in [-0.05, 0) is 19.8 Å². The molecular weight excluding hydrogens is 220 g/mol. The van der Waals surface area contributed by atoms with Crippen LogP contribution in [0.3, 0.4) is 0 Å². The molecule has 92 valence electrons. The first-order chi connectivity index (χ1) is 7.72. The Kier molecular flexibility index (Phi) is 3.28. The molecule has 0 aromatic rings. The van der Waals surface area contributed by atoms with E-state index >= 15 is 0 Å². The highest BCUT2D eigenvalue weighted by Gasteiger charge is 2.47. The van der Waals surface area contributed by atoms with Crippen LogP contribution in [0.5, 0.6) is 0 Å². The van der Waals surface area contributed by atoms with E-state index in [1.54, 1.807) is 27.7 Å². The lowest BCUT2D eigenvalue weighted by Crippen LogP contribution is -2.64. The molecule has 1 fully saturated rings. The number of imide groups is 2. The van der Waals surface area contributed by atoms with Gasteiger partial charge in [0.05, 0.1) is 0 Å². The normalized spacial score (nSPS) is 21.5. The highest BCUT2D eigenvalue weighted by atomic mass is 16.2. The van der Waals surface area contributed by atoms with Gasteiger partial charge in [0.2, 0.25) is 11.8 Å². The molecule has 1 aliphatic rings. The molecule has 1 unspecified atom stereocenters. The fraction of sp³-hybridized carbons (Fsp3) is 0.583. The van der Waals surface area contributed by atoms with Crippen LogP contribution in [0.25, 0.3) is 0 Å². The molecule has 1 rings (SSSR count). The van der Waals surface area contributed by atoms with E-state index < -0.39 is 29.3 Å². The highest BCUT2D eigenvalue weighted by Crippen LogP contribution is 2.24. The minimum Gasteiger partial charge on any atom is -0.277 e. The Morgan fingerprint density at radius 3 is 2.29 bits per heavy atom. The topological polar surface area (TPSA) is 66.5 Å². The Morgan fingerprint density at radius 2 is 1.88 bits per heavy atom. The molecule has 0 bridgehead atoms. The maximum absolute atomic E-state index is 12.1. The Bertz CT molecular complexity index is 418. The van der Waals surface area contributed by atoms with Crippen LogP contribution in [0.2, 0.25) is 0 Å². The molecule has 5 heteroatoms. The van der Waals surface area contributed by atoms with Gasteiger partial charge < -0.3 is 0 Å². The minimum absolute atomic E-state index is 0.188. The number of amides is 4. The second kappa shape index (κ2) is 4.21. The number of carbonyl (C=O) groups is 3. The van der Waals surface area contributed by atoms with Crippen molar-refractivity contribution in [3.05, 3.63) is 0 Å². The number of nitrogens with zero attached hydrogens (tertiary/aromatic N) is 1. The summed E-state index contributed by atoms with van der Waals surface area (Å²) in [6, 6.07) is -0.750. The zero-order valence-corrected chi connectivity index (χ0v) is 10.4. The third-order valence-electron chi connectivity index (χ3n) is 2.78. The van der Waals surface area contributed by atoms with Crippen molar-refractivity contribution in [2.75, 3.05) is 0 Å². The van der Waals surface area contributed by atoms with Crippen molar-refractivity contribution in [2.24, 2.45) is 11.8 Å². The first kappa shape index (κ1) is 13.2. The molecule has 17 heavy (non-hydrogen) atoms. The van der Waals surface area contributed by atoms with Crippen molar-refractivity contribution < 1.29 is 14.4 Å². The van der Waals surface area contributed by atoms with Crippen LogP contribution in [0.15, 0.2) is 0 Å². The van der Waals surface area contributed by atoms with Gasteiger partial charge in [-0.1, -0.05) is 19.8 Å². The number of urea groups is 1. The van der Waals surface area contributed by atoms with Gasteiger partial charge in [-0.3, -0.25) is 14.9 Å². The second-order valence-electron chi connectivity index (χ2n) is 4.89. The van der Waals surface area contributed by atoms with Crippen LogP contribution >= 0.6 is 0 Å². The Labute approximate surface area is 101 Å². The van der Waals surface area contributed by atoms with E-state index in [0.29, 0.717) is 0 Å². The van der Waals surface area contributed by atoms with Gasteiger partial charge in [-0.15, -0.1) is 6.42 Å². The zero-order chi connectivity index (χ0) is 13.4. The van der Waals surface area contributed by atoms with Crippen LogP contribution in [0, 0.1) is 24.2 Å². The molecule has 1 heterocycles. The maximum atomic E-state index is 12.1. The van der Waals surface area contributed by atoms with E-state index in [1.165, 1.54) is 0 Å². The summed E-state index contributed by atoms with van der Waals surface area (Å²) in [7, 11) is 0. The lowest BCUT2D eigenvalue weighted by Gasteiger charge is -2.38. The van der Waals surface area contributed by atoms with Crippen molar-refractivity contribution >= 4 is 17.8 Å². The van der Waals surface area contributed by atoms with Crippen LogP contribution in [-0.2, 0) is 9.59 Å². The molecule has 0 saturated carbocycles. The monoisotopic (exact) mass is 236 g/mol. The number of hydrogen-bond acceptors (Lipinski definition) is 3. The van der Waals surface area contributed by atoms with E-state index in [1.807, 2.05) is 0 Å². The molecule has 1 atom stereocenters. The molecule has 0 radical (unpaired) electrons. The van der Waals surface area contributed by atoms with E-state index in [9.17, 15) is 14.4 Å². The Morgan fingerprint density at radius 1 is 1.35 bits per heavy atom. The maximum Gasteiger partial charge on any atom is 0.332 e.